The van der Waals surface area contributed by atoms with Crippen molar-refractivity contribution in [1.29, 1.82) is 0 Å². The highest BCUT2D eigenvalue weighted by molar-refractivity contribution is 5.04. The summed E-state index contributed by atoms with van der Waals surface area (Å²) in [5.41, 5.74) is 0.260. The maximum absolute atomic E-state index is 9.08. The summed E-state index contributed by atoms with van der Waals surface area (Å²) >= 11 is 0. The molecule has 1 N–H and O–H groups in total. The molecule has 1 saturated carbocycles. The van der Waals surface area contributed by atoms with Crippen molar-refractivity contribution in [2.45, 2.75) is 31.2 Å². The first-order chi connectivity index (χ1) is 4.87. The minimum Gasteiger partial charge on any atom is -0.394 e. The van der Waals surface area contributed by atoms with Crippen LogP contribution >= 0.6 is 0 Å². The average molecular weight is 141 g/mol. The van der Waals surface area contributed by atoms with E-state index in [0.717, 1.165) is 0 Å². The molecule has 1 heterocycles. The zero-order valence-electron chi connectivity index (χ0n) is 6.34. The second kappa shape index (κ2) is 2.21. The lowest BCUT2D eigenvalue weighted by atomic mass is 10.2. The molecule has 0 aromatic carbocycles. The molecular weight excluding hydrogens is 126 g/mol. The fourth-order valence-corrected chi connectivity index (χ4v) is 1.91. The van der Waals surface area contributed by atoms with Gasteiger partial charge < -0.3 is 5.11 Å². The van der Waals surface area contributed by atoms with Crippen LogP contribution < -0.4 is 0 Å². The minimum atomic E-state index is 0.260. The van der Waals surface area contributed by atoms with Crippen LogP contribution in [0.4, 0.5) is 0 Å². The van der Waals surface area contributed by atoms with Gasteiger partial charge in [-0.2, -0.15) is 0 Å². The summed E-state index contributed by atoms with van der Waals surface area (Å²) in [5.74, 6) is 0. The van der Waals surface area contributed by atoms with Gasteiger partial charge in [0.15, 0.2) is 0 Å². The predicted molar refractivity (Wildman–Crippen MR) is 39.9 cm³/mol. The Hall–Kier alpha value is -0.0800. The molecule has 0 unspecified atom stereocenters. The monoisotopic (exact) mass is 141 g/mol. The summed E-state index contributed by atoms with van der Waals surface area (Å²) in [6.07, 6.45) is 5.12. The first kappa shape index (κ1) is 6.62. The molecule has 0 bridgehead atoms. The van der Waals surface area contributed by atoms with Gasteiger partial charge in [0.2, 0.25) is 0 Å². The second-order valence-corrected chi connectivity index (χ2v) is 3.58. The number of hydrogen-bond acceptors (Lipinski definition) is 2. The van der Waals surface area contributed by atoms with Crippen LogP contribution in [0.1, 0.15) is 25.7 Å². The van der Waals surface area contributed by atoms with E-state index in [9.17, 15) is 0 Å². The Balaban J connectivity index is 1.96. The number of rotatable bonds is 2. The molecule has 0 radical (unpaired) electrons. The van der Waals surface area contributed by atoms with Gasteiger partial charge in [0, 0.05) is 5.54 Å². The van der Waals surface area contributed by atoms with E-state index in [0.29, 0.717) is 6.61 Å². The zero-order valence-corrected chi connectivity index (χ0v) is 6.34. The van der Waals surface area contributed by atoms with E-state index < -0.39 is 0 Å². The van der Waals surface area contributed by atoms with Gasteiger partial charge >= 0.3 is 0 Å². The molecule has 2 fully saturated rings. The fourth-order valence-electron chi connectivity index (χ4n) is 1.91. The van der Waals surface area contributed by atoms with Crippen LogP contribution in [-0.4, -0.2) is 35.2 Å². The largest absolute Gasteiger partial charge is 0.394 e. The maximum Gasteiger partial charge on any atom is 0.0615 e. The Bertz CT molecular complexity index is 125. The van der Waals surface area contributed by atoms with Crippen molar-refractivity contribution in [2.75, 3.05) is 19.7 Å². The van der Waals surface area contributed by atoms with Gasteiger partial charge in [0.1, 0.15) is 0 Å². The maximum atomic E-state index is 9.08. The first-order valence-corrected chi connectivity index (χ1v) is 4.23. The van der Waals surface area contributed by atoms with Gasteiger partial charge in [0.05, 0.1) is 6.61 Å². The highest BCUT2D eigenvalue weighted by Crippen LogP contribution is 2.42. The van der Waals surface area contributed by atoms with Gasteiger partial charge in [-0.1, -0.05) is 0 Å². The topological polar surface area (TPSA) is 23.5 Å². The average Bonchev–Trinajstić information content (AvgIpc) is 2.58. The Kier molecular flexibility index (Phi) is 1.46. The summed E-state index contributed by atoms with van der Waals surface area (Å²) in [4.78, 5) is 2.47. The normalized spacial score (nSPS) is 30.9. The Morgan fingerprint density at radius 1 is 1.20 bits per heavy atom. The summed E-state index contributed by atoms with van der Waals surface area (Å²) in [6.45, 7) is 2.83. The number of hydrogen-bond donors (Lipinski definition) is 1. The van der Waals surface area contributed by atoms with Crippen LogP contribution in [0.2, 0.25) is 0 Å². The standard InChI is InChI=1S/C8H15NO/c10-7-8(3-4-8)9-5-1-2-6-9/h10H,1-7H2. The first-order valence-electron chi connectivity index (χ1n) is 4.23. The SMILES string of the molecule is OCC1(N2CCCC2)CC1. The Morgan fingerprint density at radius 2 is 1.80 bits per heavy atom. The number of aliphatic hydroxyl groups is 1. The van der Waals surface area contributed by atoms with Crippen molar-refractivity contribution in [3.05, 3.63) is 0 Å². The van der Waals surface area contributed by atoms with Gasteiger partial charge in [-0.15, -0.1) is 0 Å². The molecular formula is C8H15NO. The summed E-state index contributed by atoms with van der Waals surface area (Å²) < 4.78 is 0. The lowest BCUT2D eigenvalue weighted by Crippen LogP contribution is -2.37. The molecule has 10 heavy (non-hydrogen) atoms. The highest BCUT2D eigenvalue weighted by atomic mass is 16.3. The van der Waals surface area contributed by atoms with Crippen molar-refractivity contribution in [2.24, 2.45) is 0 Å². The van der Waals surface area contributed by atoms with Crippen LogP contribution in [0.15, 0.2) is 0 Å². The number of likely N-dealkylation sites (tertiary alicyclic amines) is 1. The van der Waals surface area contributed by atoms with E-state index in [1.165, 1.54) is 38.8 Å². The Morgan fingerprint density at radius 3 is 2.20 bits per heavy atom. The molecule has 58 valence electrons. The minimum absolute atomic E-state index is 0.260. The molecule has 2 rings (SSSR count). The van der Waals surface area contributed by atoms with Crippen molar-refractivity contribution >= 4 is 0 Å². The second-order valence-electron chi connectivity index (χ2n) is 3.58. The lowest BCUT2D eigenvalue weighted by molar-refractivity contribution is 0.128. The molecule has 0 aromatic rings. The molecule has 0 atom stereocenters. The number of nitrogens with zero attached hydrogens (tertiary/aromatic N) is 1. The third-order valence-electron chi connectivity index (χ3n) is 2.90. The predicted octanol–water partition coefficient (Wildman–Crippen LogP) is 0.607. The van der Waals surface area contributed by atoms with Crippen LogP contribution in [0.3, 0.4) is 0 Å². The molecule has 0 aromatic heterocycles. The van der Waals surface area contributed by atoms with E-state index in [2.05, 4.69) is 4.90 Å². The lowest BCUT2D eigenvalue weighted by Gasteiger charge is -2.24. The molecule has 1 aliphatic heterocycles. The molecule has 0 amide bonds. The van der Waals surface area contributed by atoms with Crippen LogP contribution in [0, 0.1) is 0 Å². The molecule has 0 spiro atoms. The molecule has 2 aliphatic rings. The van der Waals surface area contributed by atoms with E-state index in [1.807, 2.05) is 0 Å². The van der Waals surface area contributed by atoms with Gasteiger partial charge in [-0.05, 0) is 38.8 Å². The molecule has 2 heteroatoms. The smallest absolute Gasteiger partial charge is 0.0615 e. The van der Waals surface area contributed by atoms with Crippen molar-refractivity contribution in [3.63, 3.8) is 0 Å². The van der Waals surface area contributed by atoms with E-state index in [4.69, 9.17) is 5.11 Å². The van der Waals surface area contributed by atoms with Crippen molar-refractivity contribution in [1.82, 2.24) is 4.90 Å². The van der Waals surface area contributed by atoms with E-state index >= 15 is 0 Å². The zero-order chi connectivity index (χ0) is 7.03. The molecule has 1 aliphatic carbocycles. The van der Waals surface area contributed by atoms with Gasteiger partial charge in [-0.3, -0.25) is 4.90 Å². The number of aliphatic hydroxyl groups excluding tert-OH is 1. The highest BCUT2D eigenvalue weighted by Gasteiger charge is 2.47. The summed E-state index contributed by atoms with van der Waals surface area (Å²) in [5, 5.41) is 9.08. The fraction of sp³-hybridized carbons (Fsp3) is 1.00. The quantitative estimate of drug-likeness (QED) is 0.609. The van der Waals surface area contributed by atoms with Crippen molar-refractivity contribution < 1.29 is 5.11 Å². The summed E-state index contributed by atoms with van der Waals surface area (Å²) in [7, 11) is 0. The molecule has 2 nitrogen and oxygen atoms in total. The third-order valence-corrected chi connectivity index (χ3v) is 2.90. The van der Waals surface area contributed by atoms with Crippen LogP contribution in [-0.2, 0) is 0 Å². The van der Waals surface area contributed by atoms with Crippen molar-refractivity contribution in [3.8, 4) is 0 Å². The van der Waals surface area contributed by atoms with Gasteiger partial charge in [0.25, 0.3) is 0 Å². The van der Waals surface area contributed by atoms with E-state index in [1.54, 1.807) is 0 Å². The summed E-state index contributed by atoms with van der Waals surface area (Å²) in [6, 6.07) is 0. The Labute approximate surface area is 61.8 Å². The van der Waals surface area contributed by atoms with Gasteiger partial charge in [-0.25, -0.2) is 0 Å². The molecule has 1 saturated heterocycles. The van der Waals surface area contributed by atoms with Crippen LogP contribution in [0.25, 0.3) is 0 Å². The third kappa shape index (κ3) is 0.867. The van der Waals surface area contributed by atoms with E-state index in [-0.39, 0.29) is 5.54 Å². The van der Waals surface area contributed by atoms with Crippen LogP contribution in [0.5, 0.6) is 0 Å².